The second-order valence-electron chi connectivity index (χ2n) is 5.31. The van der Waals surface area contributed by atoms with E-state index in [-0.39, 0.29) is 18.3 Å². The molecule has 1 aromatic carbocycles. The summed E-state index contributed by atoms with van der Waals surface area (Å²) in [6, 6.07) is 6.78. The van der Waals surface area contributed by atoms with Crippen molar-refractivity contribution < 1.29 is 14.3 Å². The highest BCUT2D eigenvalue weighted by molar-refractivity contribution is 5.95. The van der Waals surface area contributed by atoms with Crippen LogP contribution in [0, 0.1) is 0 Å². The molecule has 128 valence electrons. The molecule has 0 saturated heterocycles. The highest BCUT2D eigenvalue weighted by Crippen LogP contribution is 2.13. The van der Waals surface area contributed by atoms with Crippen LogP contribution >= 0.6 is 0 Å². The number of amides is 1. The Morgan fingerprint density at radius 1 is 1.21 bits per heavy atom. The maximum Gasteiger partial charge on any atom is 0.258 e. The molecule has 0 atom stereocenters. The van der Waals surface area contributed by atoms with Crippen LogP contribution < -0.4 is 10.1 Å². The molecule has 0 radical (unpaired) electrons. The van der Waals surface area contributed by atoms with Gasteiger partial charge in [0, 0.05) is 18.5 Å². The summed E-state index contributed by atoms with van der Waals surface area (Å²) < 4.78 is 7.32. The first-order valence-electron chi connectivity index (χ1n) is 8.03. The third-order valence-corrected chi connectivity index (χ3v) is 3.47. The van der Waals surface area contributed by atoms with Gasteiger partial charge in [0.25, 0.3) is 5.91 Å². The first-order valence-corrected chi connectivity index (χ1v) is 8.03. The number of hydrogen-bond donors (Lipinski definition) is 1. The predicted molar refractivity (Wildman–Crippen MR) is 88.7 cm³/mol. The van der Waals surface area contributed by atoms with E-state index in [0.717, 1.165) is 13.0 Å². The normalized spacial score (nSPS) is 10.4. The maximum absolute atomic E-state index is 11.9. The molecule has 7 nitrogen and oxygen atoms in total. The largest absolute Gasteiger partial charge is 0.484 e. The Bertz CT molecular complexity index is 679. The third kappa shape index (κ3) is 4.91. The second kappa shape index (κ2) is 8.81. The summed E-state index contributed by atoms with van der Waals surface area (Å²) in [6.45, 7) is 4.92. The molecule has 0 bridgehead atoms. The number of carbonyl (C=O) groups excluding carboxylic acids is 2. The van der Waals surface area contributed by atoms with Gasteiger partial charge in [-0.25, -0.2) is 0 Å². The number of ketones is 1. The van der Waals surface area contributed by atoms with Gasteiger partial charge in [0.15, 0.2) is 18.2 Å². The molecule has 0 aliphatic carbocycles. The minimum absolute atomic E-state index is 0.0792. The summed E-state index contributed by atoms with van der Waals surface area (Å²) in [5, 5.41) is 10.6. The van der Waals surface area contributed by atoms with Gasteiger partial charge in [-0.05, 0) is 30.7 Å². The number of ether oxygens (including phenoxy) is 1. The molecular weight excluding hydrogens is 308 g/mol. The molecule has 0 aliphatic rings. The van der Waals surface area contributed by atoms with Gasteiger partial charge < -0.3 is 14.6 Å². The third-order valence-electron chi connectivity index (χ3n) is 3.47. The number of carbonyl (C=O) groups is 2. The molecule has 0 unspecified atom stereocenters. The van der Waals surface area contributed by atoms with Crippen LogP contribution in [0.25, 0.3) is 0 Å². The van der Waals surface area contributed by atoms with Crippen LogP contribution in [0.4, 0.5) is 0 Å². The van der Waals surface area contributed by atoms with E-state index in [4.69, 9.17) is 4.74 Å². The smallest absolute Gasteiger partial charge is 0.258 e. The zero-order chi connectivity index (χ0) is 17.4. The minimum atomic E-state index is -0.241. The van der Waals surface area contributed by atoms with E-state index in [2.05, 4.69) is 22.4 Å². The number of nitrogens with one attached hydrogen (secondary N) is 1. The summed E-state index contributed by atoms with van der Waals surface area (Å²) in [4.78, 5) is 23.4. The molecule has 0 fully saturated rings. The van der Waals surface area contributed by atoms with E-state index < -0.39 is 0 Å². The average Bonchev–Trinajstić information content (AvgIpc) is 3.05. The fraction of sp³-hybridized carbons (Fsp3) is 0.412. The molecule has 24 heavy (non-hydrogen) atoms. The Kier molecular flexibility index (Phi) is 6.48. The summed E-state index contributed by atoms with van der Waals surface area (Å²) in [7, 11) is 0. The zero-order valence-electron chi connectivity index (χ0n) is 14.0. The summed E-state index contributed by atoms with van der Waals surface area (Å²) >= 11 is 0. The lowest BCUT2D eigenvalue weighted by molar-refractivity contribution is -0.123. The Hall–Kier alpha value is -2.70. The number of benzene rings is 1. The van der Waals surface area contributed by atoms with Crippen molar-refractivity contribution in [3.8, 4) is 5.75 Å². The number of nitrogens with zero attached hydrogens (tertiary/aromatic N) is 3. The molecule has 0 saturated carbocycles. The van der Waals surface area contributed by atoms with Crippen LogP contribution in [0.1, 0.15) is 42.9 Å². The number of rotatable bonds is 9. The monoisotopic (exact) mass is 330 g/mol. The van der Waals surface area contributed by atoms with Gasteiger partial charge in [0.2, 0.25) is 0 Å². The van der Waals surface area contributed by atoms with Crippen LogP contribution in [0.5, 0.6) is 5.75 Å². The van der Waals surface area contributed by atoms with Gasteiger partial charge >= 0.3 is 0 Å². The molecule has 0 spiro atoms. The van der Waals surface area contributed by atoms with Gasteiger partial charge in [0.05, 0.1) is 6.54 Å². The van der Waals surface area contributed by atoms with Crippen molar-refractivity contribution in [3.63, 3.8) is 0 Å². The van der Waals surface area contributed by atoms with Gasteiger partial charge in [-0.2, -0.15) is 0 Å². The molecule has 7 heteroatoms. The second-order valence-corrected chi connectivity index (χ2v) is 5.31. The van der Waals surface area contributed by atoms with Crippen LogP contribution in [0.3, 0.4) is 0 Å². The van der Waals surface area contributed by atoms with Crippen molar-refractivity contribution in [1.29, 1.82) is 0 Å². The van der Waals surface area contributed by atoms with Crippen molar-refractivity contribution in [2.24, 2.45) is 0 Å². The van der Waals surface area contributed by atoms with Crippen LogP contribution in [0.15, 0.2) is 30.6 Å². The average molecular weight is 330 g/mol. The Balaban J connectivity index is 1.78. The van der Waals surface area contributed by atoms with Crippen molar-refractivity contribution >= 4 is 11.7 Å². The molecule has 0 aliphatic heterocycles. The number of aromatic nitrogens is 3. The topological polar surface area (TPSA) is 86.1 Å². The van der Waals surface area contributed by atoms with E-state index in [0.29, 0.717) is 30.1 Å². The maximum atomic E-state index is 11.9. The summed E-state index contributed by atoms with van der Waals surface area (Å²) in [5.74, 6) is 1.10. The molecule has 1 amide bonds. The van der Waals surface area contributed by atoms with E-state index in [1.807, 2.05) is 11.5 Å². The van der Waals surface area contributed by atoms with Crippen molar-refractivity contribution in [2.75, 3.05) is 6.61 Å². The van der Waals surface area contributed by atoms with E-state index >= 15 is 0 Å². The standard InChI is InChI=1S/C17H22N4O3/c1-3-9-21-12-19-20-16(21)10-18-17(23)11-24-14-7-5-13(6-8-14)15(22)4-2/h5-8,12H,3-4,9-11H2,1-2H3,(H,18,23). The molecule has 1 N–H and O–H groups in total. The minimum Gasteiger partial charge on any atom is -0.484 e. The summed E-state index contributed by atoms with van der Waals surface area (Å²) in [6.07, 6.45) is 3.09. The lowest BCUT2D eigenvalue weighted by Gasteiger charge is -2.08. The molecule has 1 aromatic heterocycles. The van der Waals surface area contributed by atoms with Gasteiger partial charge in [-0.3, -0.25) is 9.59 Å². The van der Waals surface area contributed by atoms with Crippen molar-refractivity contribution in [3.05, 3.63) is 42.0 Å². The van der Waals surface area contributed by atoms with Gasteiger partial charge in [-0.1, -0.05) is 13.8 Å². The van der Waals surface area contributed by atoms with Crippen LogP contribution in [-0.4, -0.2) is 33.1 Å². The van der Waals surface area contributed by atoms with E-state index in [9.17, 15) is 9.59 Å². The highest BCUT2D eigenvalue weighted by Gasteiger charge is 2.08. The van der Waals surface area contributed by atoms with E-state index in [1.54, 1.807) is 30.6 Å². The first kappa shape index (κ1) is 17.7. The number of Topliss-reactive ketones (excluding diaryl/α,β-unsaturated/α-hetero) is 1. The lowest BCUT2D eigenvalue weighted by atomic mass is 10.1. The van der Waals surface area contributed by atoms with Crippen molar-refractivity contribution in [2.45, 2.75) is 39.8 Å². The zero-order valence-corrected chi connectivity index (χ0v) is 14.0. The fourth-order valence-electron chi connectivity index (χ4n) is 2.16. The predicted octanol–water partition coefficient (Wildman–Crippen LogP) is 1.98. The molecule has 1 heterocycles. The molecule has 2 rings (SSSR count). The molecular formula is C17H22N4O3. The number of hydrogen-bond acceptors (Lipinski definition) is 5. The quantitative estimate of drug-likeness (QED) is 0.711. The number of aryl methyl sites for hydroxylation is 1. The first-order chi connectivity index (χ1) is 11.6. The Morgan fingerprint density at radius 2 is 1.96 bits per heavy atom. The van der Waals surface area contributed by atoms with Crippen molar-refractivity contribution in [1.82, 2.24) is 20.1 Å². The SMILES string of the molecule is CCCn1cnnc1CNC(=O)COc1ccc(C(=O)CC)cc1. The van der Waals surface area contributed by atoms with Crippen LogP contribution in [-0.2, 0) is 17.9 Å². The fourth-order valence-corrected chi connectivity index (χ4v) is 2.16. The van der Waals surface area contributed by atoms with E-state index in [1.165, 1.54) is 0 Å². The van der Waals surface area contributed by atoms with Gasteiger partial charge in [-0.15, -0.1) is 10.2 Å². The molecule has 2 aromatic rings. The van der Waals surface area contributed by atoms with Gasteiger partial charge in [0.1, 0.15) is 12.1 Å². The Morgan fingerprint density at radius 3 is 2.62 bits per heavy atom. The highest BCUT2D eigenvalue weighted by atomic mass is 16.5. The Labute approximate surface area is 141 Å². The lowest BCUT2D eigenvalue weighted by Crippen LogP contribution is -2.29. The summed E-state index contributed by atoms with van der Waals surface area (Å²) in [5.41, 5.74) is 0.643. The van der Waals surface area contributed by atoms with Crippen LogP contribution in [0.2, 0.25) is 0 Å².